The molecule has 0 bridgehead atoms. The number of amides is 3. The first-order valence-electron chi connectivity index (χ1n) is 11.1. The van der Waals surface area contributed by atoms with E-state index in [0.29, 0.717) is 27.2 Å². The monoisotopic (exact) mass is 461 g/mol. The molecule has 34 heavy (non-hydrogen) atoms. The van der Waals surface area contributed by atoms with Gasteiger partial charge in [0.1, 0.15) is 5.75 Å². The summed E-state index contributed by atoms with van der Waals surface area (Å²) in [5.41, 5.74) is 3.19. The number of carbonyl (C=O) groups is 5. The number of nitrogens with zero attached hydrogens (tertiary/aromatic N) is 1. The summed E-state index contributed by atoms with van der Waals surface area (Å²) in [5.74, 6) is -4.30. The highest BCUT2D eigenvalue weighted by atomic mass is 16.5. The number of fused-ring (bicyclic) bond motifs is 3. The van der Waals surface area contributed by atoms with Crippen molar-refractivity contribution in [2.75, 3.05) is 7.11 Å². The summed E-state index contributed by atoms with van der Waals surface area (Å²) in [6.07, 6.45) is 2.55. The molecule has 1 aliphatic heterocycles. The van der Waals surface area contributed by atoms with Crippen molar-refractivity contribution in [3.05, 3.63) is 63.8 Å². The van der Waals surface area contributed by atoms with Gasteiger partial charge in [-0.25, -0.2) is 4.79 Å². The Balaban J connectivity index is 1.68. The molecule has 1 aromatic carbocycles. The van der Waals surface area contributed by atoms with E-state index in [-0.39, 0.29) is 30.2 Å². The van der Waals surface area contributed by atoms with Crippen LogP contribution < -0.4 is 0 Å². The van der Waals surface area contributed by atoms with Gasteiger partial charge in [0.25, 0.3) is 0 Å². The lowest BCUT2D eigenvalue weighted by atomic mass is 9.59. The minimum Gasteiger partial charge on any atom is -0.508 e. The van der Waals surface area contributed by atoms with Crippen LogP contribution in [0.15, 0.2) is 52.6 Å². The van der Waals surface area contributed by atoms with E-state index in [1.807, 2.05) is 6.08 Å². The number of phenolic OH excluding ortho intramolecular Hbond substituents is 1. The van der Waals surface area contributed by atoms with Crippen molar-refractivity contribution >= 4 is 29.5 Å². The number of ketones is 2. The predicted octanol–water partition coefficient (Wildman–Crippen LogP) is 2.90. The van der Waals surface area contributed by atoms with Crippen LogP contribution in [0.3, 0.4) is 0 Å². The second-order valence-electron chi connectivity index (χ2n) is 9.26. The summed E-state index contributed by atoms with van der Waals surface area (Å²) in [5, 5.41) is 10.0. The normalized spacial score (nSPS) is 28.3. The molecule has 1 fully saturated rings. The van der Waals surface area contributed by atoms with Gasteiger partial charge in [-0.1, -0.05) is 23.8 Å². The number of hydrogen-bond acceptors (Lipinski definition) is 7. The zero-order valence-corrected chi connectivity index (χ0v) is 19.0. The van der Waals surface area contributed by atoms with Gasteiger partial charge in [0.05, 0.1) is 18.9 Å². The Morgan fingerprint density at radius 1 is 1.09 bits per heavy atom. The van der Waals surface area contributed by atoms with Crippen molar-refractivity contribution in [3.63, 3.8) is 0 Å². The Labute approximate surface area is 195 Å². The highest BCUT2D eigenvalue weighted by Crippen LogP contribution is 2.55. The molecule has 0 spiro atoms. The molecular weight excluding hydrogens is 438 g/mol. The quantitative estimate of drug-likeness (QED) is 0.388. The van der Waals surface area contributed by atoms with Crippen LogP contribution in [0, 0.1) is 24.7 Å². The first-order valence-corrected chi connectivity index (χ1v) is 11.1. The van der Waals surface area contributed by atoms with Gasteiger partial charge < -0.3 is 9.84 Å². The molecule has 1 N–H and O–H groups in total. The molecule has 4 aliphatic rings. The van der Waals surface area contributed by atoms with Crippen LogP contribution in [-0.4, -0.2) is 46.6 Å². The van der Waals surface area contributed by atoms with Crippen molar-refractivity contribution in [1.82, 2.24) is 4.90 Å². The minimum absolute atomic E-state index is 0.107. The van der Waals surface area contributed by atoms with E-state index in [2.05, 4.69) is 4.74 Å². The molecule has 1 aromatic rings. The summed E-state index contributed by atoms with van der Waals surface area (Å²) in [7, 11) is 1.11. The molecule has 8 nitrogen and oxygen atoms in total. The van der Waals surface area contributed by atoms with Crippen LogP contribution in [0.1, 0.15) is 36.8 Å². The molecule has 3 aliphatic carbocycles. The standard InChI is InChI=1S/C26H23NO7/c1-11-8-13(4-7-18(11)28)20-14-5-6-15-21(25(32)27(24(15)31)26(33)34-3)16(14)10-17-19(29)9-12(2)23(30)22(17)20/h4-5,7-9,15-16,20-21,28H,6,10H2,1-3H3/t15-,16+,20-,21-/m0/s1. The lowest BCUT2D eigenvalue weighted by molar-refractivity contribution is -0.137. The number of methoxy groups -OCH3 is 1. The molecule has 1 saturated heterocycles. The first-order chi connectivity index (χ1) is 16.1. The number of ether oxygens (including phenoxy) is 1. The molecule has 0 aromatic heterocycles. The summed E-state index contributed by atoms with van der Waals surface area (Å²) in [6, 6.07) is 5.02. The van der Waals surface area contributed by atoms with E-state index in [1.165, 1.54) is 6.08 Å². The zero-order valence-electron chi connectivity index (χ0n) is 19.0. The number of Topliss-reactive ketones (excluding diaryl/α,β-unsaturated/α-hetero) is 1. The lowest BCUT2D eigenvalue weighted by Gasteiger charge is -2.42. The van der Waals surface area contributed by atoms with Crippen molar-refractivity contribution in [1.29, 1.82) is 0 Å². The molecule has 3 amide bonds. The van der Waals surface area contributed by atoms with Crippen LogP contribution in [0.4, 0.5) is 4.79 Å². The van der Waals surface area contributed by atoms with Crippen LogP contribution >= 0.6 is 0 Å². The topological polar surface area (TPSA) is 118 Å². The average Bonchev–Trinajstić information content (AvgIpc) is 3.07. The highest BCUT2D eigenvalue weighted by molar-refractivity contribution is 6.24. The number of benzene rings is 1. The Morgan fingerprint density at radius 3 is 2.50 bits per heavy atom. The van der Waals surface area contributed by atoms with Gasteiger partial charge >= 0.3 is 6.09 Å². The van der Waals surface area contributed by atoms with E-state index in [1.54, 1.807) is 32.0 Å². The van der Waals surface area contributed by atoms with E-state index in [9.17, 15) is 29.1 Å². The number of imide groups is 3. The molecule has 4 atom stereocenters. The SMILES string of the molecule is COC(=O)N1C(=O)[C@H]2[C@H](CC=C3[C@H](c4ccc(O)c(C)c4)C4=C(C[C@H]32)C(=O)C=C(C)C4=O)C1=O. The maximum absolute atomic E-state index is 13.3. The van der Waals surface area contributed by atoms with Crippen molar-refractivity contribution < 1.29 is 33.8 Å². The fourth-order valence-corrected chi connectivity index (χ4v) is 5.87. The second-order valence-corrected chi connectivity index (χ2v) is 9.26. The molecule has 5 rings (SSSR count). The second kappa shape index (κ2) is 7.62. The van der Waals surface area contributed by atoms with Crippen molar-refractivity contribution in [3.8, 4) is 5.75 Å². The van der Waals surface area contributed by atoms with Crippen LogP contribution in [0.5, 0.6) is 5.75 Å². The van der Waals surface area contributed by atoms with Crippen molar-refractivity contribution in [2.45, 2.75) is 32.6 Å². The van der Waals surface area contributed by atoms with E-state index < -0.39 is 41.6 Å². The molecule has 174 valence electrons. The Hall–Kier alpha value is -3.81. The third-order valence-electron chi connectivity index (χ3n) is 7.48. The molecule has 0 radical (unpaired) electrons. The number of hydrogen-bond donors (Lipinski definition) is 1. The largest absolute Gasteiger partial charge is 0.508 e. The van der Waals surface area contributed by atoms with Gasteiger partial charge in [0, 0.05) is 22.6 Å². The van der Waals surface area contributed by atoms with Gasteiger partial charge in [0.2, 0.25) is 11.8 Å². The highest BCUT2D eigenvalue weighted by Gasteiger charge is 2.58. The number of likely N-dealkylation sites (tertiary alicyclic amines) is 1. The Kier molecular flexibility index (Phi) is 4.93. The van der Waals surface area contributed by atoms with Crippen LogP contribution in [0.2, 0.25) is 0 Å². The van der Waals surface area contributed by atoms with Crippen LogP contribution in [-0.2, 0) is 23.9 Å². The lowest BCUT2D eigenvalue weighted by Crippen LogP contribution is -2.40. The zero-order chi connectivity index (χ0) is 24.5. The third kappa shape index (κ3) is 2.94. The number of aryl methyl sites for hydroxylation is 1. The van der Waals surface area contributed by atoms with E-state index >= 15 is 0 Å². The predicted molar refractivity (Wildman–Crippen MR) is 118 cm³/mol. The maximum Gasteiger partial charge on any atom is 0.423 e. The molecule has 8 heteroatoms. The smallest absolute Gasteiger partial charge is 0.423 e. The number of allylic oxidation sites excluding steroid dienone is 6. The number of phenols is 1. The average molecular weight is 461 g/mol. The molecule has 1 heterocycles. The number of aromatic hydroxyl groups is 1. The number of carbonyl (C=O) groups excluding carboxylic acids is 5. The molecular formula is C26H23NO7. The van der Waals surface area contributed by atoms with Crippen LogP contribution in [0.25, 0.3) is 0 Å². The van der Waals surface area contributed by atoms with Crippen molar-refractivity contribution in [2.24, 2.45) is 17.8 Å². The summed E-state index contributed by atoms with van der Waals surface area (Å²) in [6.45, 7) is 3.35. The molecule has 0 unspecified atom stereocenters. The van der Waals surface area contributed by atoms with Gasteiger partial charge in [0.15, 0.2) is 11.6 Å². The summed E-state index contributed by atoms with van der Waals surface area (Å²) >= 11 is 0. The summed E-state index contributed by atoms with van der Waals surface area (Å²) in [4.78, 5) is 65.2. The maximum atomic E-state index is 13.3. The van der Waals surface area contributed by atoms with Gasteiger partial charge in [-0.2, -0.15) is 4.90 Å². The van der Waals surface area contributed by atoms with Gasteiger partial charge in [-0.15, -0.1) is 0 Å². The Bertz CT molecular complexity index is 1300. The molecule has 0 saturated carbocycles. The van der Waals surface area contributed by atoms with E-state index in [0.717, 1.165) is 18.2 Å². The van der Waals surface area contributed by atoms with E-state index in [4.69, 9.17) is 0 Å². The Morgan fingerprint density at radius 2 is 1.82 bits per heavy atom. The minimum atomic E-state index is -1.02. The fourth-order valence-electron chi connectivity index (χ4n) is 5.87. The van der Waals surface area contributed by atoms with Gasteiger partial charge in [-0.05, 0) is 55.9 Å². The third-order valence-corrected chi connectivity index (χ3v) is 7.48. The fraction of sp³-hybridized carbons (Fsp3) is 0.346. The first kappa shape index (κ1) is 22.0. The summed E-state index contributed by atoms with van der Waals surface area (Å²) < 4.78 is 4.65. The van der Waals surface area contributed by atoms with Gasteiger partial charge in [-0.3, -0.25) is 19.2 Å². The number of rotatable bonds is 1.